The van der Waals surface area contributed by atoms with Crippen LogP contribution in [-0.4, -0.2) is 42.6 Å². The van der Waals surface area contributed by atoms with Crippen LogP contribution in [-0.2, 0) is 13.0 Å². The van der Waals surface area contributed by atoms with Gasteiger partial charge in [0.25, 0.3) is 0 Å². The van der Waals surface area contributed by atoms with Crippen molar-refractivity contribution in [2.24, 2.45) is 0 Å². The monoisotopic (exact) mass is 480 g/mol. The van der Waals surface area contributed by atoms with Gasteiger partial charge in [-0.1, -0.05) is 24.3 Å². The van der Waals surface area contributed by atoms with E-state index in [0.717, 1.165) is 63.0 Å². The standard InChI is InChI=1S/C31H33FN4/c32-27-8-13-31-30(21-27)25(22-33-31)6-3-4-15-34-17-19-35(20-18-34)28-9-11-29(12-10-28)36-16-14-24-5-1-2-7-26(24)23-36/h1-2,5,7-14,16,21-22,33H,3-4,6,15,17-20,23H2. The largest absolute Gasteiger partial charge is 0.369 e. The Morgan fingerprint density at radius 3 is 2.50 bits per heavy atom. The molecule has 5 heteroatoms. The lowest BCUT2D eigenvalue weighted by Crippen LogP contribution is -2.46. The maximum Gasteiger partial charge on any atom is 0.123 e. The van der Waals surface area contributed by atoms with Crippen LogP contribution < -0.4 is 9.80 Å². The third kappa shape index (κ3) is 4.89. The molecule has 36 heavy (non-hydrogen) atoms. The molecule has 4 nitrogen and oxygen atoms in total. The number of hydrogen-bond donors (Lipinski definition) is 1. The molecule has 0 unspecified atom stereocenters. The summed E-state index contributed by atoms with van der Waals surface area (Å²) in [5.41, 5.74) is 7.48. The van der Waals surface area contributed by atoms with Crippen LogP contribution in [0.3, 0.4) is 0 Å². The molecule has 1 aromatic heterocycles. The average molecular weight is 481 g/mol. The predicted octanol–water partition coefficient (Wildman–Crippen LogP) is 6.44. The number of benzene rings is 3. The Bertz CT molecular complexity index is 1350. The van der Waals surface area contributed by atoms with Gasteiger partial charge in [-0.3, -0.25) is 4.90 Å². The zero-order chi connectivity index (χ0) is 24.3. The topological polar surface area (TPSA) is 25.5 Å². The number of H-pyrrole nitrogens is 1. The van der Waals surface area contributed by atoms with Crippen molar-refractivity contribution in [2.75, 3.05) is 42.5 Å². The van der Waals surface area contributed by atoms with Crippen molar-refractivity contribution in [3.8, 4) is 0 Å². The van der Waals surface area contributed by atoms with E-state index in [1.165, 1.54) is 40.6 Å². The van der Waals surface area contributed by atoms with Crippen molar-refractivity contribution in [1.82, 2.24) is 9.88 Å². The van der Waals surface area contributed by atoms with Gasteiger partial charge in [-0.25, -0.2) is 4.39 Å². The number of rotatable bonds is 7. The predicted molar refractivity (Wildman–Crippen MR) is 148 cm³/mol. The molecule has 0 spiro atoms. The maximum absolute atomic E-state index is 13.6. The lowest BCUT2D eigenvalue weighted by Gasteiger charge is -2.36. The molecule has 1 saturated heterocycles. The second-order valence-corrected chi connectivity index (χ2v) is 9.95. The van der Waals surface area contributed by atoms with Crippen LogP contribution in [0.25, 0.3) is 17.0 Å². The van der Waals surface area contributed by atoms with Crippen LogP contribution in [0.15, 0.2) is 79.1 Å². The van der Waals surface area contributed by atoms with Gasteiger partial charge in [0.15, 0.2) is 0 Å². The molecule has 0 bridgehead atoms. The van der Waals surface area contributed by atoms with Crippen LogP contribution in [0.2, 0.25) is 0 Å². The number of piperazine rings is 1. The lowest BCUT2D eigenvalue weighted by molar-refractivity contribution is 0.253. The third-order valence-electron chi connectivity index (χ3n) is 7.65. The summed E-state index contributed by atoms with van der Waals surface area (Å²) in [5.74, 6) is -0.162. The number of nitrogens with one attached hydrogen (secondary N) is 1. The average Bonchev–Trinajstić information content (AvgIpc) is 3.33. The summed E-state index contributed by atoms with van der Waals surface area (Å²) in [7, 11) is 0. The van der Waals surface area contributed by atoms with E-state index < -0.39 is 0 Å². The molecule has 3 heterocycles. The highest BCUT2D eigenvalue weighted by Crippen LogP contribution is 2.27. The van der Waals surface area contributed by atoms with Crippen LogP contribution in [0.4, 0.5) is 15.8 Å². The molecule has 0 aliphatic carbocycles. The Morgan fingerprint density at radius 1 is 0.833 bits per heavy atom. The van der Waals surface area contributed by atoms with Gasteiger partial charge in [-0.15, -0.1) is 0 Å². The summed E-state index contributed by atoms with van der Waals surface area (Å²) in [6, 6.07) is 22.6. The van der Waals surface area contributed by atoms with E-state index in [1.54, 1.807) is 6.07 Å². The zero-order valence-corrected chi connectivity index (χ0v) is 20.7. The first-order valence-corrected chi connectivity index (χ1v) is 13.1. The van der Waals surface area contributed by atoms with Crippen LogP contribution in [0.5, 0.6) is 0 Å². The van der Waals surface area contributed by atoms with Crippen LogP contribution >= 0.6 is 0 Å². The van der Waals surface area contributed by atoms with Gasteiger partial charge in [0.05, 0.1) is 0 Å². The number of nitrogens with zero attached hydrogens (tertiary/aromatic N) is 3. The van der Waals surface area contributed by atoms with E-state index in [-0.39, 0.29) is 5.82 Å². The summed E-state index contributed by atoms with van der Waals surface area (Å²) >= 11 is 0. The van der Waals surface area contributed by atoms with Crippen molar-refractivity contribution < 1.29 is 4.39 Å². The highest BCUT2D eigenvalue weighted by molar-refractivity contribution is 5.83. The Labute approximate surface area is 212 Å². The van der Waals surface area contributed by atoms with Gasteiger partial charge < -0.3 is 14.8 Å². The third-order valence-corrected chi connectivity index (χ3v) is 7.65. The second-order valence-electron chi connectivity index (χ2n) is 9.95. The first-order chi connectivity index (χ1) is 17.7. The summed E-state index contributed by atoms with van der Waals surface area (Å²) in [4.78, 5) is 10.7. The zero-order valence-electron chi connectivity index (χ0n) is 20.7. The molecule has 0 atom stereocenters. The number of halogens is 1. The minimum Gasteiger partial charge on any atom is -0.369 e. The first-order valence-electron chi connectivity index (χ1n) is 13.1. The van der Waals surface area contributed by atoms with E-state index >= 15 is 0 Å². The van der Waals surface area contributed by atoms with Crippen molar-refractivity contribution >= 4 is 28.4 Å². The van der Waals surface area contributed by atoms with E-state index in [9.17, 15) is 4.39 Å². The Balaban J connectivity index is 0.961. The van der Waals surface area contributed by atoms with Crippen molar-refractivity contribution in [3.63, 3.8) is 0 Å². The van der Waals surface area contributed by atoms with Gasteiger partial charge in [0, 0.05) is 67.4 Å². The number of anilines is 2. The molecule has 6 rings (SSSR count). The summed E-state index contributed by atoms with van der Waals surface area (Å²) in [6.07, 6.45) is 9.71. The van der Waals surface area contributed by atoms with E-state index in [1.807, 2.05) is 12.3 Å². The van der Waals surface area contributed by atoms with Crippen molar-refractivity contribution in [1.29, 1.82) is 0 Å². The van der Waals surface area contributed by atoms with Gasteiger partial charge in [-0.2, -0.15) is 0 Å². The highest BCUT2D eigenvalue weighted by atomic mass is 19.1. The van der Waals surface area contributed by atoms with Gasteiger partial charge in [0.1, 0.15) is 5.82 Å². The number of aromatic amines is 1. The number of aromatic nitrogens is 1. The summed E-state index contributed by atoms with van der Waals surface area (Å²) in [5, 5.41) is 1.02. The van der Waals surface area contributed by atoms with E-state index in [2.05, 4.69) is 80.5 Å². The molecule has 0 amide bonds. The smallest absolute Gasteiger partial charge is 0.123 e. The molecule has 0 radical (unpaired) electrons. The molecule has 184 valence electrons. The van der Waals surface area contributed by atoms with Crippen molar-refractivity contribution in [3.05, 3.63) is 102 Å². The van der Waals surface area contributed by atoms with Gasteiger partial charge >= 0.3 is 0 Å². The SMILES string of the molecule is Fc1ccc2[nH]cc(CCCCN3CCN(c4ccc(N5C=Cc6ccccc6C5)cc4)CC3)c2c1. The summed E-state index contributed by atoms with van der Waals surface area (Å²) < 4.78 is 13.6. The van der Waals surface area contributed by atoms with E-state index in [4.69, 9.17) is 0 Å². The number of hydrogen-bond acceptors (Lipinski definition) is 3. The summed E-state index contributed by atoms with van der Waals surface area (Å²) in [6.45, 7) is 6.39. The molecular formula is C31H33FN4. The normalized spacial score (nSPS) is 16.0. The fraction of sp³-hybridized carbons (Fsp3) is 0.290. The van der Waals surface area contributed by atoms with Gasteiger partial charge in [0.2, 0.25) is 0 Å². The molecule has 2 aliphatic heterocycles. The van der Waals surface area contributed by atoms with Crippen LogP contribution in [0.1, 0.15) is 29.5 Å². The molecule has 2 aliphatic rings. The molecule has 0 saturated carbocycles. The van der Waals surface area contributed by atoms with Crippen molar-refractivity contribution in [2.45, 2.75) is 25.8 Å². The van der Waals surface area contributed by atoms with Crippen LogP contribution in [0, 0.1) is 5.82 Å². The minimum absolute atomic E-state index is 0.162. The molecule has 1 fully saturated rings. The quantitative estimate of drug-likeness (QED) is 0.308. The first kappa shape index (κ1) is 22.9. The fourth-order valence-corrected chi connectivity index (χ4v) is 5.52. The Hall–Kier alpha value is -3.57. The number of unbranched alkanes of at least 4 members (excludes halogenated alkanes) is 1. The Kier molecular flexibility index (Phi) is 6.48. The molecule has 4 aromatic rings. The highest BCUT2D eigenvalue weighted by Gasteiger charge is 2.18. The minimum atomic E-state index is -0.162. The molecular weight excluding hydrogens is 447 g/mol. The fourth-order valence-electron chi connectivity index (χ4n) is 5.52. The van der Waals surface area contributed by atoms with Gasteiger partial charge in [-0.05, 0) is 91.0 Å². The maximum atomic E-state index is 13.6. The molecule has 1 N–H and O–H groups in total. The second kappa shape index (κ2) is 10.2. The molecule has 3 aromatic carbocycles. The lowest BCUT2D eigenvalue weighted by atomic mass is 10.0. The number of aryl methyl sites for hydroxylation is 1. The number of fused-ring (bicyclic) bond motifs is 2. The Morgan fingerprint density at radius 2 is 1.64 bits per heavy atom. The van der Waals surface area contributed by atoms with E-state index in [0.29, 0.717) is 0 Å².